The lowest BCUT2D eigenvalue weighted by Gasteiger charge is -2.03. The molecule has 0 aromatic heterocycles. The van der Waals surface area contributed by atoms with Gasteiger partial charge in [-0.25, -0.2) is 0 Å². The van der Waals surface area contributed by atoms with Gasteiger partial charge in [0.25, 0.3) is 0 Å². The van der Waals surface area contributed by atoms with Crippen LogP contribution in [-0.4, -0.2) is 5.75 Å². The highest BCUT2D eigenvalue weighted by Gasteiger charge is 1.95. The molecule has 0 spiro atoms. The van der Waals surface area contributed by atoms with Crippen LogP contribution in [0.15, 0.2) is 9.52 Å². The Morgan fingerprint density at radius 3 is 1.38 bits per heavy atom. The first-order valence-electron chi connectivity index (χ1n) is 10.5. The van der Waals surface area contributed by atoms with Crippen LogP contribution < -0.4 is 0 Å². The quantitative estimate of drug-likeness (QED) is 0.160. The molecule has 26 heavy (non-hydrogen) atoms. The molecule has 0 aromatic rings. The zero-order valence-corrected chi connectivity index (χ0v) is 19.6. The molecule has 0 saturated heterocycles. The summed E-state index contributed by atoms with van der Waals surface area (Å²) >= 11 is 18.3. The predicted molar refractivity (Wildman–Crippen MR) is 124 cm³/mol. The van der Waals surface area contributed by atoms with Gasteiger partial charge in [0.15, 0.2) is 0 Å². The molecular formula is C22H37Cl3S. The van der Waals surface area contributed by atoms with Gasteiger partial charge < -0.3 is 0 Å². The summed E-state index contributed by atoms with van der Waals surface area (Å²) in [6.45, 7) is 2.28. The van der Waals surface area contributed by atoms with Crippen molar-refractivity contribution in [2.75, 3.05) is 5.75 Å². The van der Waals surface area contributed by atoms with E-state index in [1.165, 1.54) is 103 Å². The van der Waals surface area contributed by atoms with Crippen molar-refractivity contribution in [3.63, 3.8) is 0 Å². The van der Waals surface area contributed by atoms with Crippen LogP contribution in [0.25, 0.3) is 0 Å². The average Bonchev–Trinajstić information content (AvgIpc) is 2.63. The standard InChI is InChI=1S/C22H37Cl3S/c1-2-3-4-5-6-7-8-9-10-11-12-13-14-15-16-17-19-26-20-18-21(23)22(24)25/h2-17,19H2,1H3. The summed E-state index contributed by atoms with van der Waals surface area (Å²) in [5.41, 5.74) is 0. The molecule has 152 valence electrons. The first-order valence-corrected chi connectivity index (χ1v) is 12.6. The van der Waals surface area contributed by atoms with Gasteiger partial charge >= 0.3 is 0 Å². The van der Waals surface area contributed by atoms with E-state index in [4.69, 9.17) is 34.8 Å². The zero-order valence-electron chi connectivity index (χ0n) is 16.6. The van der Waals surface area contributed by atoms with Gasteiger partial charge in [0.1, 0.15) is 9.52 Å². The lowest BCUT2D eigenvalue weighted by molar-refractivity contribution is 0.532. The highest BCUT2D eigenvalue weighted by Crippen LogP contribution is 2.17. The van der Waals surface area contributed by atoms with Crippen LogP contribution in [0, 0.1) is 11.2 Å². The summed E-state index contributed by atoms with van der Waals surface area (Å²) in [7, 11) is 0. The topological polar surface area (TPSA) is 0 Å². The lowest BCUT2D eigenvalue weighted by atomic mass is 10.0. The Morgan fingerprint density at radius 1 is 0.615 bits per heavy atom. The van der Waals surface area contributed by atoms with Crippen LogP contribution in [0.4, 0.5) is 0 Å². The summed E-state index contributed by atoms with van der Waals surface area (Å²) in [6.07, 6.45) is 22.4. The molecule has 0 radical (unpaired) electrons. The average molecular weight is 440 g/mol. The van der Waals surface area contributed by atoms with E-state index in [0.29, 0.717) is 0 Å². The summed E-state index contributed by atoms with van der Waals surface area (Å²) in [4.78, 5) is 0. The van der Waals surface area contributed by atoms with Gasteiger partial charge in [-0.2, -0.15) is 0 Å². The van der Waals surface area contributed by atoms with Crippen LogP contribution in [-0.2, 0) is 0 Å². The third-order valence-corrected chi connectivity index (χ3v) is 6.09. The Bertz CT molecular complexity index is 392. The molecule has 0 saturated carbocycles. The van der Waals surface area contributed by atoms with Gasteiger partial charge in [0.2, 0.25) is 0 Å². The summed E-state index contributed by atoms with van der Waals surface area (Å²) < 4.78 is 0.0437. The summed E-state index contributed by atoms with van der Waals surface area (Å²) in [6, 6.07) is 0. The van der Waals surface area contributed by atoms with E-state index in [1.807, 2.05) is 0 Å². The molecule has 0 aliphatic heterocycles. The second-order valence-corrected chi connectivity index (χ2v) is 9.18. The van der Waals surface area contributed by atoms with E-state index in [9.17, 15) is 0 Å². The number of rotatable bonds is 17. The van der Waals surface area contributed by atoms with E-state index in [0.717, 1.165) is 5.75 Å². The van der Waals surface area contributed by atoms with Crippen molar-refractivity contribution in [2.45, 2.75) is 110 Å². The van der Waals surface area contributed by atoms with Crippen molar-refractivity contribution in [2.24, 2.45) is 0 Å². The van der Waals surface area contributed by atoms with Crippen molar-refractivity contribution in [3.05, 3.63) is 9.52 Å². The Hall–Kier alpha value is 0.520. The largest absolute Gasteiger partial charge is 0.133 e. The fraction of sp³-hybridized carbons (Fsp3) is 0.818. The van der Waals surface area contributed by atoms with Crippen LogP contribution in [0.2, 0.25) is 0 Å². The molecule has 0 nitrogen and oxygen atoms in total. The molecule has 0 aliphatic carbocycles. The number of allylic oxidation sites excluding steroid dienone is 1. The van der Waals surface area contributed by atoms with Crippen LogP contribution in [0.1, 0.15) is 110 Å². The molecule has 4 heteroatoms. The van der Waals surface area contributed by atoms with Gasteiger partial charge in [0.05, 0.1) is 0 Å². The normalized spacial score (nSPS) is 10.5. The van der Waals surface area contributed by atoms with Gasteiger partial charge in [0, 0.05) is 5.75 Å². The summed E-state index contributed by atoms with van der Waals surface area (Å²) in [5.74, 6) is 3.78. The third-order valence-electron chi connectivity index (χ3n) is 4.50. The maximum Gasteiger partial charge on any atom is 0.133 e. The predicted octanol–water partition coefficient (Wildman–Crippen LogP) is 9.83. The van der Waals surface area contributed by atoms with Crippen molar-refractivity contribution < 1.29 is 0 Å². The molecule has 0 fully saturated rings. The van der Waals surface area contributed by atoms with Crippen molar-refractivity contribution in [1.82, 2.24) is 0 Å². The minimum Gasteiger partial charge on any atom is -0.0747 e. The smallest absolute Gasteiger partial charge is 0.0747 e. The molecule has 0 rings (SSSR count). The highest BCUT2D eigenvalue weighted by atomic mass is 35.5. The van der Waals surface area contributed by atoms with E-state index >= 15 is 0 Å². The van der Waals surface area contributed by atoms with Crippen molar-refractivity contribution >= 4 is 46.6 Å². The van der Waals surface area contributed by atoms with Crippen LogP contribution in [0.5, 0.6) is 0 Å². The maximum absolute atomic E-state index is 5.73. The molecule has 0 aromatic carbocycles. The molecule has 0 atom stereocenters. The molecule has 0 amide bonds. The van der Waals surface area contributed by atoms with Gasteiger partial charge in [-0.05, 0) is 17.6 Å². The molecular weight excluding hydrogens is 403 g/mol. The number of unbranched alkanes of at least 4 members (excludes halogenated alkanes) is 15. The first-order chi connectivity index (χ1) is 12.7. The van der Waals surface area contributed by atoms with Gasteiger partial charge in [-0.1, -0.05) is 150 Å². The van der Waals surface area contributed by atoms with Crippen molar-refractivity contribution in [3.8, 4) is 11.2 Å². The second-order valence-electron chi connectivity index (χ2n) is 6.95. The number of halogens is 3. The van der Waals surface area contributed by atoms with E-state index in [-0.39, 0.29) is 9.52 Å². The first kappa shape index (κ1) is 26.5. The molecule has 0 N–H and O–H groups in total. The zero-order chi connectivity index (χ0) is 19.3. The minimum absolute atomic E-state index is 0.0437. The second kappa shape index (κ2) is 21.8. The number of hydrogen-bond acceptors (Lipinski definition) is 1. The SMILES string of the molecule is CCCCCCCCCCCCCCCCCCSC#CC(Cl)=C(Cl)Cl. The highest BCUT2D eigenvalue weighted by molar-refractivity contribution is 8.03. The van der Waals surface area contributed by atoms with Crippen LogP contribution >= 0.6 is 46.6 Å². The molecule has 0 unspecified atom stereocenters. The Morgan fingerprint density at radius 2 is 1.00 bits per heavy atom. The van der Waals surface area contributed by atoms with Gasteiger partial charge in [-0.15, -0.1) is 0 Å². The third kappa shape index (κ3) is 20.8. The van der Waals surface area contributed by atoms with Crippen molar-refractivity contribution in [1.29, 1.82) is 0 Å². The number of hydrogen-bond donors (Lipinski definition) is 0. The van der Waals surface area contributed by atoms with E-state index in [2.05, 4.69) is 18.1 Å². The monoisotopic (exact) mass is 438 g/mol. The lowest BCUT2D eigenvalue weighted by Crippen LogP contribution is -1.84. The van der Waals surface area contributed by atoms with Gasteiger partial charge in [-0.3, -0.25) is 0 Å². The molecule has 0 bridgehead atoms. The Labute approximate surface area is 182 Å². The van der Waals surface area contributed by atoms with E-state index in [1.54, 1.807) is 11.8 Å². The van der Waals surface area contributed by atoms with Crippen LogP contribution in [0.3, 0.4) is 0 Å². The fourth-order valence-electron chi connectivity index (χ4n) is 2.90. The minimum atomic E-state index is 0.0437. The maximum atomic E-state index is 5.73. The van der Waals surface area contributed by atoms with E-state index < -0.39 is 0 Å². The Kier molecular flexibility index (Phi) is 22.3. The molecule has 0 aliphatic rings. The fourth-order valence-corrected chi connectivity index (χ4v) is 3.72. The molecule has 0 heterocycles. The summed E-state index contributed by atoms with van der Waals surface area (Å²) in [5, 5.41) is 3.16. The number of thioether (sulfide) groups is 1. The Balaban J connectivity index is 3.15.